The third-order valence-corrected chi connectivity index (χ3v) is 5.93. The Bertz CT molecular complexity index is 560. The monoisotopic (exact) mass is 360 g/mol. The lowest BCUT2D eigenvalue weighted by Gasteiger charge is -2.11. The zero-order chi connectivity index (χ0) is 14.8. The van der Waals surface area contributed by atoms with Crippen LogP contribution in [0.3, 0.4) is 0 Å². The van der Waals surface area contributed by atoms with Crippen molar-refractivity contribution in [2.24, 2.45) is 0 Å². The molecule has 20 heavy (non-hydrogen) atoms. The molecule has 0 amide bonds. The Labute approximate surface area is 129 Å². The molecule has 1 saturated carbocycles. The number of rotatable bonds is 7. The lowest BCUT2D eigenvalue weighted by molar-refractivity contribution is 0.593. The number of nitrogens with one attached hydrogen (secondary N) is 2. The van der Waals surface area contributed by atoms with Gasteiger partial charge < -0.3 is 5.32 Å². The van der Waals surface area contributed by atoms with Crippen molar-refractivity contribution in [1.29, 1.82) is 0 Å². The van der Waals surface area contributed by atoms with Crippen molar-refractivity contribution < 1.29 is 8.42 Å². The molecule has 0 bridgehead atoms. The van der Waals surface area contributed by atoms with E-state index in [1.165, 1.54) is 12.8 Å². The van der Waals surface area contributed by atoms with Crippen LogP contribution in [0.5, 0.6) is 0 Å². The number of aryl methyl sites for hydroxylation is 2. The molecule has 0 heterocycles. The highest BCUT2D eigenvalue weighted by molar-refractivity contribution is 9.10. The molecule has 6 heteroatoms. The predicted octanol–water partition coefficient (Wildman–Crippen LogP) is 2.95. The van der Waals surface area contributed by atoms with Crippen molar-refractivity contribution in [3.05, 3.63) is 27.7 Å². The second-order valence-electron chi connectivity index (χ2n) is 5.43. The zero-order valence-electron chi connectivity index (χ0n) is 11.9. The molecule has 1 aliphatic carbocycles. The van der Waals surface area contributed by atoms with E-state index in [0.717, 1.165) is 22.1 Å². The fraction of sp³-hybridized carbons (Fsp3) is 0.571. The number of sulfonamides is 1. The van der Waals surface area contributed by atoms with Crippen LogP contribution in [0.4, 0.5) is 5.69 Å². The van der Waals surface area contributed by atoms with Crippen LogP contribution in [-0.4, -0.2) is 26.8 Å². The minimum atomic E-state index is -3.26. The SMILES string of the molecule is Cc1cc(NS(=O)(=O)CCCNC2CC2)cc(C)c1Br. The largest absolute Gasteiger partial charge is 0.314 e. The first-order valence-corrected chi connectivity index (χ1v) is 9.32. The summed E-state index contributed by atoms with van der Waals surface area (Å²) in [5.41, 5.74) is 2.69. The van der Waals surface area contributed by atoms with Crippen molar-refractivity contribution in [3.8, 4) is 0 Å². The van der Waals surface area contributed by atoms with Crippen molar-refractivity contribution >= 4 is 31.6 Å². The Hall–Kier alpha value is -0.590. The van der Waals surface area contributed by atoms with E-state index >= 15 is 0 Å². The summed E-state index contributed by atoms with van der Waals surface area (Å²) in [5.74, 6) is 0.154. The summed E-state index contributed by atoms with van der Waals surface area (Å²) >= 11 is 3.48. The van der Waals surface area contributed by atoms with Crippen molar-refractivity contribution in [2.45, 2.75) is 39.2 Å². The lowest BCUT2D eigenvalue weighted by atomic mass is 10.1. The number of hydrogen-bond acceptors (Lipinski definition) is 3. The first-order valence-electron chi connectivity index (χ1n) is 6.88. The summed E-state index contributed by atoms with van der Waals surface area (Å²) < 4.78 is 27.7. The van der Waals surface area contributed by atoms with Gasteiger partial charge in [-0.1, -0.05) is 15.9 Å². The molecule has 0 radical (unpaired) electrons. The van der Waals surface area contributed by atoms with Gasteiger partial charge in [-0.2, -0.15) is 0 Å². The van der Waals surface area contributed by atoms with Gasteiger partial charge in [0.1, 0.15) is 0 Å². The van der Waals surface area contributed by atoms with E-state index in [-0.39, 0.29) is 5.75 Å². The topological polar surface area (TPSA) is 58.2 Å². The first kappa shape index (κ1) is 15.8. The molecule has 0 aromatic heterocycles. The van der Waals surface area contributed by atoms with Gasteiger partial charge in [-0.05, 0) is 62.9 Å². The molecule has 4 nitrogen and oxygen atoms in total. The van der Waals surface area contributed by atoms with E-state index < -0.39 is 10.0 Å². The van der Waals surface area contributed by atoms with Gasteiger partial charge >= 0.3 is 0 Å². The molecule has 1 fully saturated rings. The van der Waals surface area contributed by atoms with Crippen LogP contribution in [0.1, 0.15) is 30.4 Å². The van der Waals surface area contributed by atoms with Crippen molar-refractivity contribution in [3.63, 3.8) is 0 Å². The van der Waals surface area contributed by atoms with Crippen LogP contribution >= 0.6 is 15.9 Å². The molecule has 0 saturated heterocycles. The summed E-state index contributed by atoms with van der Waals surface area (Å²) in [6.07, 6.45) is 3.09. The minimum absolute atomic E-state index is 0.154. The third-order valence-electron chi connectivity index (χ3n) is 3.31. The third kappa shape index (κ3) is 4.75. The highest BCUT2D eigenvalue weighted by Crippen LogP contribution is 2.25. The lowest BCUT2D eigenvalue weighted by Crippen LogP contribution is -2.23. The molecule has 2 N–H and O–H groups in total. The number of hydrogen-bond donors (Lipinski definition) is 2. The summed E-state index contributed by atoms with van der Waals surface area (Å²) in [6, 6.07) is 4.32. The van der Waals surface area contributed by atoms with Crippen LogP contribution in [0, 0.1) is 13.8 Å². The molecule has 1 aliphatic rings. The van der Waals surface area contributed by atoms with E-state index in [1.54, 1.807) is 0 Å². The molecule has 112 valence electrons. The highest BCUT2D eigenvalue weighted by Gasteiger charge is 2.20. The Morgan fingerprint density at radius 3 is 2.40 bits per heavy atom. The Morgan fingerprint density at radius 1 is 1.25 bits per heavy atom. The van der Waals surface area contributed by atoms with Gasteiger partial charge in [0.2, 0.25) is 10.0 Å². The van der Waals surface area contributed by atoms with Crippen LogP contribution in [0.25, 0.3) is 0 Å². The van der Waals surface area contributed by atoms with E-state index in [2.05, 4.69) is 26.0 Å². The van der Waals surface area contributed by atoms with Gasteiger partial charge in [-0.15, -0.1) is 0 Å². The summed E-state index contributed by atoms with van der Waals surface area (Å²) in [4.78, 5) is 0. The highest BCUT2D eigenvalue weighted by atomic mass is 79.9. The summed E-state index contributed by atoms with van der Waals surface area (Å²) in [7, 11) is -3.26. The molecule has 1 aromatic carbocycles. The van der Waals surface area contributed by atoms with Crippen LogP contribution in [0.2, 0.25) is 0 Å². The second kappa shape index (κ2) is 6.45. The Morgan fingerprint density at radius 2 is 1.85 bits per heavy atom. The molecule has 0 spiro atoms. The van der Waals surface area contributed by atoms with Gasteiger partial charge in [0.25, 0.3) is 0 Å². The maximum Gasteiger partial charge on any atom is 0.232 e. The van der Waals surface area contributed by atoms with Crippen molar-refractivity contribution in [1.82, 2.24) is 5.32 Å². The molecule has 2 rings (SSSR count). The average Bonchev–Trinajstić information content (AvgIpc) is 3.15. The Kier molecular flexibility index (Phi) is 5.09. The fourth-order valence-electron chi connectivity index (χ4n) is 2.09. The summed E-state index contributed by atoms with van der Waals surface area (Å²) in [5, 5.41) is 3.32. The maximum atomic E-state index is 12.0. The molecular weight excluding hydrogens is 340 g/mol. The van der Waals surface area contributed by atoms with Crippen LogP contribution in [0.15, 0.2) is 16.6 Å². The number of benzene rings is 1. The van der Waals surface area contributed by atoms with Crippen LogP contribution in [-0.2, 0) is 10.0 Å². The fourth-order valence-corrected chi connectivity index (χ4v) is 3.42. The van der Waals surface area contributed by atoms with E-state index in [0.29, 0.717) is 18.2 Å². The number of halogens is 1. The van der Waals surface area contributed by atoms with Gasteiger partial charge in [0.05, 0.1) is 5.75 Å². The standard InChI is InChI=1S/C14H21BrN2O2S/c1-10-8-13(9-11(2)14(10)15)17-20(18,19)7-3-6-16-12-4-5-12/h8-9,12,16-17H,3-7H2,1-2H3. The Balaban J connectivity index is 1.89. The molecule has 0 atom stereocenters. The van der Waals surface area contributed by atoms with Crippen molar-refractivity contribution in [2.75, 3.05) is 17.0 Å². The quantitative estimate of drug-likeness (QED) is 0.734. The summed E-state index contributed by atoms with van der Waals surface area (Å²) in [6.45, 7) is 4.67. The first-order chi connectivity index (χ1) is 9.37. The number of anilines is 1. The molecular formula is C14H21BrN2O2S. The van der Waals surface area contributed by atoms with Gasteiger partial charge in [0, 0.05) is 16.2 Å². The smallest absolute Gasteiger partial charge is 0.232 e. The molecule has 0 unspecified atom stereocenters. The maximum absolute atomic E-state index is 12.0. The molecule has 0 aliphatic heterocycles. The van der Waals surface area contributed by atoms with E-state index in [9.17, 15) is 8.42 Å². The van der Waals surface area contributed by atoms with Gasteiger partial charge in [0.15, 0.2) is 0 Å². The van der Waals surface area contributed by atoms with Gasteiger partial charge in [-0.3, -0.25) is 4.72 Å². The average molecular weight is 361 g/mol. The second-order valence-corrected chi connectivity index (χ2v) is 8.06. The van der Waals surface area contributed by atoms with E-state index in [1.807, 2.05) is 26.0 Å². The van der Waals surface area contributed by atoms with E-state index in [4.69, 9.17) is 0 Å². The van der Waals surface area contributed by atoms with Gasteiger partial charge in [-0.25, -0.2) is 8.42 Å². The molecule has 1 aromatic rings. The zero-order valence-corrected chi connectivity index (χ0v) is 14.3. The normalized spacial score (nSPS) is 15.3. The van der Waals surface area contributed by atoms with Crippen LogP contribution < -0.4 is 10.0 Å². The minimum Gasteiger partial charge on any atom is -0.314 e. The predicted molar refractivity (Wildman–Crippen MR) is 86.7 cm³/mol.